The van der Waals surface area contributed by atoms with Crippen LogP contribution in [0.25, 0.3) is 0 Å². The van der Waals surface area contributed by atoms with Crippen LogP contribution in [-0.4, -0.2) is 31.1 Å². The van der Waals surface area contributed by atoms with Gasteiger partial charge in [0.15, 0.2) is 0 Å². The van der Waals surface area contributed by atoms with Gasteiger partial charge in [0.25, 0.3) is 0 Å². The van der Waals surface area contributed by atoms with Gasteiger partial charge in [-0.3, -0.25) is 4.90 Å². The van der Waals surface area contributed by atoms with E-state index in [1.54, 1.807) is 0 Å². The summed E-state index contributed by atoms with van der Waals surface area (Å²) in [4.78, 5) is 1.91. The highest BCUT2D eigenvalue weighted by atomic mass is 35.5. The number of rotatable bonds is 3. The molecular formula is C14H15ClF3N3. The van der Waals surface area contributed by atoms with Crippen molar-refractivity contribution in [1.82, 2.24) is 10.2 Å². The summed E-state index contributed by atoms with van der Waals surface area (Å²) in [6.45, 7) is 2.65. The minimum atomic E-state index is -4.48. The summed E-state index contributed by atoms with van der Waals surface area (Å²) in [5.74, 6) is 0. The maximum Gasteiger partial charge on any atom is 0.416 e. The zero-order chi connectivity index (χ0) is 15.5. The molecule has 1 saturated heterocycles. The molecular weight excluding hydrogens is 303 g/mol. The molecule has 0 spiro atoms. The molecule has 2 rings (SSSR count). The summed E-state index contributed by atoms with van der Waals surface area (Å²) < 4.78 is 39.7. The van der Waals surface area contributed by atoms with Crippen molar-refractivity contribution in [3.8, 4) is 6.07 Å². The fraction of sp³-hybridized carbons (Fsp3) is 0.500. The molecule has 0 radical (unpaired) electrons. The van der Waals surface area contributed by atoms with E-state index in [9.17, 15) is 13.2 Å². The van der Waals surface area contributed by atoms with E-state index >= 15 is 0 Å². The minimum Gasteiger partial charge on any atom is -0.314 e. The van der Waals surface area contributed by atoms with Gasteiger partial charge in [-0.1, -0.05) is 17.7 Å². The SMILES string of the molecule is N#CC[C@H](c1ccc(Cl)cc1C(F)(F)F)N1CCNCC1. The second-order valence-corrected chi connectivity index (χ2v) is 5.33. The van der Waals surface area contributed by atoms with Crippen molar-refractivity contribution in [3.05, 3.63) is 34.3 Å². The number of hydrogen-bond donors (Lipinski definition) is 1. The zero-order valence-corrected chi connectivity index (χ0v) is 12.0. The molecule has 1 atom stereocenters. The first-order chi connectivity index (χ1) is 9.93. The van der Waals surface area contributed by atoms with Crippen molar-refractivity contribution < 1.29 is 13.2 Å². The van der Waals surface area contributed by atoms with Gasteiger partial charge in [0, 0.05) is 37.2 Å². The molecule has 0 aromatic heterocycles. The lowest BCUT2D eigenvalue weighted by atomic mass is 9.96. The number of piperazine rings is 1. The van der Waals surface area contributed by atoms with Crippen LogP contribution in [0.15, 0.2) is 18.2 Å². The predicted octanol–water partition coefficient (Wildman–Crippen LogP) is 3.22. The number of nitrogens with zero attached hydrogens (tertiary/aromatic N) is 2. The lowest BCUT2D eigenvalue weighted by molar-refractivity contribution is -0.138. The number of halogens is 4. The highest BCUT2D eigenvalue weighted by Crippen LogP contribution is 2.38. The Bertz CT molecular complexity index is 533. The van der Waals surface area contributed by atoms with Gasteiger partial charge in [0.05, 0.1) is 18.1 Å². The molecule has 1 fully saturated rings. The molecule has 0 unspecified atom stereocenters. The van der Waals surface area contributed by atoms with Crippen molar-refractivity contribution in [3.63, 3.8) is 0 Å². The van der Waals surface area contributed by atoms with Crippen molar-refractivity contribution in [2.24, 2.45) is 0 Å². The van der Waals surface area contributed by atoms with Crippen molar-refractivity contribution in [2.45, 2.75) is 18.6 Å². The predicted molar refractivity (Wildman–Crippen MR) is 73.9 cm³/mol. The third kappa shape index (κ3) is 3.88. The van der Waals surface area contributed by atoms with Crippen LogP contribution in [0, 0.1) is 11.3 Å². The molecule has 7 heteroatoms. The van der Waals surface area contributed by atoms with Crippen LogP contribution in [-0.2, 0) is 6.18 Å². The van der Waals surface area contributed by atoms with E-state index in [0.29, 0.717) is 26.2 Å². The van der Waals surface area contributed by atoms with E-state index in [1.165, 1.54) is 12.1 Å². The molecule has 0 saturated carbocycles. The topological polar surface area (TPSA) is 39.1 Å². The average Bonchev–Trinajstić information content (AvgIpc) is 2.45. The second-order valence-electron chi connectivity index (χ2n) is 4.89. The summed E-state index contributed by atoms with van der Waals surface area (Å²) >= 11 is 5.70. The first-order valence-electron chi connectivity index (χ1n) is 6.62. The second kappa shape index (κ2) is 6.65. The van der Waals surface area contributed by atoms with E-state index in [-0.39, 0.29) is 17.0 Å². The van der Waals surface area contributed by atoms with Crippen LogP contribution < -0.4 is 5.32 Å². The van der Waals surface area contributed by atoms with Gasteiger partial charge < -0.3 is 5.32 Å². The Labute approximate surface area is 126 Å². The van der Waals surface area contributed by atoms with Crippen LogP contribution >= 0.6 is 11.6 Å². The molecule has 1 aliphatic heterocycles. The molecule has 3 nitrogen and oxygen atoms in total. The summed E-state index contributed by atoms with van der Waals surface area (Å²) in [7, 11) is 0. The molecule has 0 aliphatic carbocycles. The van der Waals surface area contributed by atoms with E-state index < -0.39 is 17.8 Å². The molecule has 1 heterocycles. The molecule has 1 aliphatic rings. The Morgan fingerprint density at radius 3 is 2.57 bits per heavy atom. The third-order valence-corrected chi connectivity index (χ3v) is 3.79. The van der Waals surface area contributed by atoms with E-state index in [0.717, 1.165) is 6.07 Å². The highest BCUT2D eigenvalue weighted by Gasteiger charge is 2.37. The highest BCUT2D eigenvalue weighted by molar-refractivity contribution is 6.30. The third-order valence-electron chi connectivity index (χ3n) is 3.56. The van der Waals surface area contributed by atoms with Gasteiger partial charge in [-0.25, -0.2) is 0 Å². The van der Waals surface area contributed by atoms with Crippen molar-refractivity contribution in [1.29, 1.82) is 5.26 Å². The molecule has 1 aromatic carbocycles. The Morgan fingerprint density at radius 1 is 1.33 bits per heavy atom. The maximum absolute atomic E-state index is 13.2. The summed E-state index contributed by atoms with van der Waals surface area (Å²) in [5, 5.41) is 12.2. The molecule has 0 bridgehead atoms. The van der Waals surface area contributed by atoms with Gasteiger partial charge >= 0.3 is 6.18 Å². The van der Waals surface area contributed by atoms with Gasteiger partial charge in [0.2, 0.25) is 0 Å². The number of nitriles is 1. The smallest absolute Gasteiger partial charge is 0.314 e. The van der Waals surface area contributed by atoms with Gasteiger partial charge in [-0.15, -0.1) is 0 Å². The normalized spacial score (nSPS) is 18.2. The number of nitrogens with one attached hydrogen (secondary N) is 1. The fourth-order valence-corrected chi connectivity index (χ4v) is 2.75. The summed E-state index contributed by atoms with van der Waals surface area (Å²) in [6, 6.07) is 5.19. The zero-order valence-electron chi connectivity index (χ0n) is 11.3. The summed E-state index contributed by atoms with van der Waals surface area (Å²) in [5.41, 5.74) is -0.635. The van der Waals surface area contributed by atoms with Crippen molar-refractivity contribution >= 4 is 11.6 Å². The Morgan fingerprint density at radius 2 is 2.00 bits per heavy atom. The lowest BCUT2D eigenvalue weighted by Crippen LogP contribution is -2.45. The van der Waals surface area contributed by atoms with Crippen LogP contribution in [0.3, 0.4) is 0 Å². The lowest BCUT2D eigenvalue weighted by Gasteiger charge is -2.35. The van der Waals surface area contributed by atoms with Crippen LogP contribution in [0.5, 0.6) is 0 Å². The number of hydrogen-bond acceptors (Lipinski definition) is 3. The Hall–Kier alpha value is -1.29. The number of alkyl halides is 3. The van der Waals surface area contributed by atoms with Crippen molar-refractivity contribution in [2.75, 3.05) is 26.2 Å². The Balaban J connectivity index is 2.42. The van der Waals surface area contributed by atoms with Crippen LogP contribution in [0.4, 0.5) is 13.2 Å². The first-order valence-corrected chi connectivity index (χ1v) is 6.99. The number of benzene rings is 1. The van der Waals surface area contributed by atoms with E-state index in [1.807, 2.05) is 11.0 Å². The van der Waals surface area contributed by atoms with Gasteiger partial charge in [-0.2, -0.15) is 18.4 Å². The van der Waals surface area contributed by atoms with E-state index in [2.05, 4.69) is 5.32 Å². The molecule has 1 N–H and O–H groups in total. The largest absolute Gasteiger partial charge is 0.416 e. The molecule has 114 valence electrons. The first kappa shape index (κ1) is 16.1. The minimum absolute atomic E-state index is 0.0186. The maximum atomic E-state index is 13.2. The Kier molecular flexibility index (Phi) is 5.09. The molecule has 1 aromatic rings. The standard InChI is InChI=1S/C14H15ClF3N3/c15-10-1-2-11(12(9-10)14(16,17)18)13(3-4-19)21-7-5-20-6-8-21/h1-2,9,13,20H,3,5-8H2/t13-/m1/s1. The van der Waals surface area contributed by atoms with Crippen LogP contribution in [0.1, 0.15) is 23.6 Å². The molecule has 0 amide bonds. The fourth-order valence-electron chi connectivity index (χ4n) is 2.58. The van der Waals surface area contributed by atoms with Gasteiger partial charge in [0.1, 0.15) is 0 Å². The van der Waals surface area contributed by atoms with E-state index in [4.69, 9.17) is 16.9 Å². The molecule has 21 heavy (non-hydrogen) atoms. The summed E-state index contributed by atoms with van der Waals surface area (Å²) in [6.07, 6.45) is -4.47. The monoisotopic (exact) mass is 317 g/mol. The average molecular weight is 318 g/mol. The van der Waals surface area contributed by atoms with Crippen LogP contribution in [0.2, 0.25) is 5.02 Å². The quantitative estimate of drug-likeness (QED) is 0.930. The van der Waals surface area contributed by atoms with Gasteiger partial charge in [-0.05, 0) is 17.7 Å².